The molecule has 0 aliphatic rings. The Labute approximate surface area is 153 Å². The molecular formula is C16H12Cl2N6O. The number of carbonyl (C=O) groups is 1. The number of hydrogen-bond donors (Lipinski definition) is 1. The van der Waals surface area contributed by atoms with Gasteiger partial charge in [-0.15, -0.1) is 5.10 Å². The molecule has 9 heteroatoms. The van der Waals surface area contributed by atoms with Crippen molar-refractivity contribution in [2.75, 3.05) is 0 Å². The van der Waals surface area contributed by atoms with Gasteiger partial charge in [-0.25, -0.2) is 10.1 Å². The lowest BCUT2D eigenvalue weighted by Crippen LogP contribution is -2.19. The summed E-state index contributed by atoms with van der Waals surface area (Å²) in [4.78, 5) is 12.2. The Bertz CT molecular complexity index is 922. The number of benzene rings is 2. The molecule has 1 amide bonds. The lowest BCUT2D eigenvalue weighted by atomic mass is 10.1. The van der Waals surface area contributed by atoms with Gasteiger partial charge in [0.05, 0.1) is 22.0 Å². The van der Waals surface area contributed by atoms with E-state index in [1.807, 2.05) is 24.3 Å². The lowest BCUT2D eigenvalue weighted by molar-refractivity contribution is 0.0955. The summed E-state index contributed by atoms with van der Waals surface area (Å²) in [5, 5.41) is 15.8. The van der Waals surface area contributed by atoms with Gasteiger partial charge in [0.1, 0.15) is 6.33 Å². The Morgan fingerprint density at radius 1 is 1.16 bits per heavy atom. The monoisotopic (exact) mass is 374 g/mol. The van der Waals surface area contributed by atoms with E-state index in [9.17, 15) is 4.79 Å². The molecule has 0 atom stereocenters. The van der Waals surface area contributed by atoms with E-state index >= 15 is 0 Å². The van der Waals surface area contributed by atoms with E-state index in [1.54, 1.807) is 23.7 Å². The minimum atomic E-state index is -0.411. The molecule has 1 heterocycles. The van der Waals surface area contributed by atoms with E-state index < -0.39 is 5.91 Å². The van der Waals surface area contributed by atoms with Crippen LogP contribution in [-0.4, -0.2) is 31.8 Å². The number of amides is 1. The zero-order valence-electron chi connectivity index (χ0n) is 13.0. The molecule has 3 aromatic rings. The summed E-state index contributed by atoms with van der Waals surface area (Å²) >= 11 is 11.8. The van der Waals surface area contributed by atoms with Crippen LogP contribution in [0.25, 0.3) is 5.69 Å². The van der Waals surface area contributed by atoms with Crippen LogP contribution in [0.1, 0.15) is 22.8 Å². The van der Waals surface area contributed by atoms with Crippen LogP contribution in [0, 0.1) is 0 Å². The van der Waals surface area contributed by atoms with Gasteiger partial charge in [0.15, 0.2) is 0 Å². The summed E-state index contributed by atoms with van der Waals surface area (Å²) < 4.78 is 1.54. The molecule has 0 bridgehead atoms. The number of nitrogens with zero attached hydrogens (tertiary/aromatic N) is 5. The molecule has 3 rings (SSSR count). The van der Waals surface area contributed by atoms with Crippen molar-refractivity contribution < 1.29 is 4.79 Å². The van der Waals surface area contributed by atoms with Crippen LogP contribution in [-0.2, 0) is 0 Å². The van der Waals surface area contributed by atoms with Crippen LogP contribution >= 0.6 is 23.2 Å². The second kappa shape index (κ2) is 7.42. The Morgan fingerprint density at radius 3 is 2.56 bits per heavy atom. The zero-order chi connectivity index (χ0) is 17.8. The van der Waals surface area contributed by atoms with E-state index in [2.05, 4.69) is 26.1 Å². The number of hydrazone groups is 1. The van der Waals surface area contributed by atoms with Gasteiger partial charge in [-0.3, -0.25) is 4.79 Å². The summed E-state index contributed by atoms with van der Waals surface area (Å²) in [6, 6.07) is 12.1. The fraction of sp³-hybridized carbons (Fsp3) is 0.0625. The molecule has 0 saturated carbocycles. The van der Waals surface area contributed by atoms with Gasteiger partial charge in [-0.05, 0) is 53.2 Å². The fourth-order valence-electron chi connectivity index (χ4n) is 2.07. The third-order valence-electron chi connectivity index (χ3n) is 3.40. The summed E-state index contributed by atoms with van der Waals surface area (Å²) in [5.74, 6) is -0.411. The normalized spacial score (nSPS) is 11.4. The zero-order valence-corrected chi connectivity index (χ0v) is 14.5. The van der Waals surface area contributed by atoms with Crippen molar-refractivity contribution in [1.29, 1.82) is 0 Å². The van der Waals surface area contributed by atoms with Crippen molar-refractivity contribution in [1.82, 2.24) is 25.6 Å². The topological polar surface area (TPSA) is 85.1 Å². The first-order valence-electron chi connectivity index (χ1n) is 7.18. The average molecular weight is 375 g/mol. The van der Waals surface area contributed by atoms with Gasteiger partial charge in [-0.1, -0.05) is 35.3 Å². The third-order valence-corrected chi connectivity index (χ3v) is 3.95. The first-order valence-corrected chi connectivity index (χ1v) is 7.93. The van der Waals surface area contributed by atoms with Crippen molar-refractivity contribution in [2.24, 2.45) is 5.10 Å². The van der Waals surface area contributed by atoms with Crippen molar-refractivity contribution in [3.05, 3.63) is 70.0 Å². The standard InChI is InChI=1S/C16H12Cl2N6O/c1-10(11-2-5-13(6-3-11)24-9-19-22-23-24)20-21-16(25)14-7-4-12(17)8-15(14)18/h2-9H,1H3,(H,21,25)/b20-10+. The van der Waals surface area contributed by atoms with E-state index in [0.29, 0.717) is 16.3 Å². The van der Waals surface area contributed by atoms with E-state index in [1.165, 1.54) is 12.4 Å². The van der Waals surface area contributed by atoms with Gasteiger partial charge in [0.2, 0.25) is 0 Å². The molecule has 0 unspecified atom stereocenters. The number of halogens is 2. The van der Waals surface area contributed by atoms with Crippen molar-refractivity contribution in [3.63, 3.8) is 0 Å². The number of nitrogens with one attached hydrogen (secondary N) is 1. The Morgan fingerprint density at radius 2 is 1.92 bits per heavy atom. The van der Waals surface area contributed by atoms with Crippen LogP contribution in [0.4, 0.5) is 0 Å². The van der Waals surface area contributed by atoms with Crippen molar-refractivity contribution >= 4 is 34.8 Å². The molecule has 1 aromatic heterocycles. The molecule has 0 aliphatic heterocycles. The summed E-state index contributed by atoms with van der Waals surface area (Å²) in [6.07, 6.45) is 1.51. The molecule has 0 aliphatic carbocycles. The maximum absolute atomic E-state index is 12.2. The number of aromatic nitrogens is 4. The highest BCUT2D eigenvalue weighted by molar-refractivity contribution is 6.36. The van der Waals surface area contributed by atoms with Crippen LogP contribution < -0.4 is 5.43 Å². The molecule has 0 radical (unpaired) electrons. The molecule has 2 aromatic carbocycles. The Balaban J connectivity index is 1.72. The van der Waals surface area contributed by atoms with Gasteiger partial charge in [-0.2, -0.15) is 5.10 Å². The van der Waals surface area contributed by atoms with Crippen molar-refractivity contribution in [2.45, 2.75) is 6.92 Å². The predicted octanol–water partition coefficient (Wildman–Crippen LogP) is 3.12. The number of hydrogen-bond acceptors (Lipinski definition) is 5. The molecule has 1 N–H and O–H groups in total. The Kier molecular flexibility index (Phi) is 5.06. The minimum absolute atomic E-state index is 0.267. The fourth-order valence-corrected chi connectivity index (χ4v) is 2.56. The second-order valence-corrected chi connectivity index (χ2v) is 5.91. The lowest BCUT2D eigenvalue weighted by Gasteiger charge is -2.06. The molecule has 25 heavy (non-hydrogen) atoms. The summed E-state index contributed by atoms with van der Waals surface area (Å²) in [5.41, 5.74) is 5.09. The van der Waals surface area contributed by atoms with Crippen LogP contribution in [0.15, 0.2) is 53.9 Å². The first-order chi connectivity index (χ1) is 12.0. The average Bonchev–Trinajstić information content (AvgIpc) is 3.14. The second-order valence-electron chi connectivity index (χ2n) is 5.06. The van der Waals surface area contributed by atoms with Crippen LogP contribution in [0.3, 0.4) is 0 Å². The van der Waals surface area contributed by atoms with Crippen molar-refractivity contribution in [3.8, 4) is 5.69 Å². The third kappa shape index (κ3) is 4.01. The van der Waals surface area contributed by atoms with Gasteiger partial charge < -0.3 is 0 Å². The quantitative estimate of drug-likeness (QED) is 0.561. The predicted molar refractivity (Wildman–Crippen MR) is 95.3 cm³/mol. The first kappa shape index (κ1) is 17.1. The van der Waals surface area contributed by atoms with Gasteiger partial charge >= 0.3 is 0 Å². The van der Waals surface area contributed by atoms with E-state index in [0.717, 1.165) is 11.3 Å². The molecule has 0 spiro atoms. The largest absolute Gasteiger partial charge is 0.272 e. The van der Waals surface area contributed by atoms with Gasteiger partial charge in [0, 0.05) is 5.02 Å². The SMILES string of the molecule is C/C(=N\NC(=O)c1ccc(Cl)cc1Cl)c1ccc(-n2cnnn2)cc1. The highest BCUT2D eigenvalue weighted by Gasteiger charge is 2.10. The molecular weight excluding hydrogens is 363 g/mol. The van der Waals surface area contributed by atoms with E-state index in [-0.39, 0.29) is 5.02 Å². The molecule has 0 fully saturated rings. The maximum atomic E-state index is 12.2. The van der Waals surface area contributed by atoms with Crippen LogP contribution in [0.2, 0.25) is 10.0 Å². The maximum Gasteiger partial charge on any atom is 0.272 e. The highest BCUT2D eigenvalue weighted by Crippen LogP contribution is 2.20. The van der Waals surface area contributed by atoms with Gasteiger partial charge in [0.25, 0.3) is 5.91 Å². The molecule has 7 nitrogen and oxygen atoms in total. The highest BCUT2D eigenvalue weighted by atomic mass is 35.5. The molecule has 126 valence electrons. The smallest absolute Gasteiger partial charge is 0.267 e. The summed E-state index contributed by atoms with van der Waals surface area (Å²) in [7, 11) is 0. The van der Waals surface area contributed by atoms with Crippen LogP contribution in [0.5, 0.6) is 0 Å². The molecule has 0 saturated heterocycles. The van der Waals surface area contributed by atoms with E-state index in [4.69, 9.17) is 23.2 Å². The number of tetrazole rings is 1. The Hall–Kier alpha value is -2.77. The number of carbonyl (C=O) groups excluding carboxylic acids is 1. The summed E-state index contributed by atoms with van der Waals surface area (Å²) in [6.45, 7) is 1.79. The minimum Gasteiger partial charge on any atom is -0.267 e. The number of rotatable bonds is 4.